The lowest BCUT2D eigenvalue weighted by Crippen LogP contribution is -2.36. The van der Waals surface area contributed by atoms with Gasteiger partial charge in [0.2, 0.25) is 0 Å². The van der Waals surface area contributed by atoms with Crippen LogP contribution in [0.3, 0.4) is 0 Å². The molecule has 0 unspecified atom stereocenters. The molecule has 2 N–H and O–H groups in total. The summed E-state index contributed by atoms with van der Waals surface area (Å²) in [7, 11) is 5.38. The lowest BCUT2D eigenvalue weighted by atomic mass is 10.2. The van der Waals surface area contributed by atoms with E-state index in [-0.39, 0.29) is 24.0 Å². The number of ether oxygens (including phenoxy) is 1. The van der Waals surface area contributed by atoms with Crippen LogP contribution in [0.2, 0.25) is 0 Å². The van der Waals surface area contributed by atoms with Gasteiger partial charge in [-0.1, -0.05) is 6.07 Å². The molecule has 1 heterocycles. The van der Waals surface area contributed by atoms with Gasteiger partial charge in [-0.05, 0) is 47.5 Å². The van der Waals surface area contributed by atoms with E-state index in [1.807, 2.05) is 36.9 Å². The third-order valence-electron chi connectivity index (χ3n) is 3.99. The number of aryl methyl sites for hydroxylation is 2. The van der Waals surface area contributed by atoms with Crippen LogP contribution in [-0.4, -0.2) is 29.9 Å². The molecule has 1 aromatic heterocycles. The standard InChI is InChI=1S/C17H24BrN5O.HI/c1-11-14(12(2)23(4)22-11)10-21-17(19-3)20-9-13-6-7-16(24-5)15(18)8-13;/h6-8H,9-10H2,1-5H3,(H2,19,20,21);1H. The summed E-state index contributed by atoms with van der Waals surface area (Å²) in [5, 5.41) is 11.1. The van der Waals surface area contributed by atoms with Crippen LogP contribution < -0.4 is 15.4 Å². The highest BCUT2D eigenvalue weighted by Crippen LogP contribution is 2.25. The van der Waals surface area contributed by atoms with Crippen molar-refractivity contribution in [2.24, 2.45) is 12.0 Å². The van der Waals surface area contributed by atoms with Gasteiger partial charge in [-0.3, -0.25) is 9.67 Å². The van der Waals surface area contributed by atoms with Crippen LogP contribution in [0.5, 0.6) is 5.75 Å². The van der Waals surface area contributed by atoms with Crippen molar-refractivity contribution in [2.45, 2.75) is 26.9 Å². The maximum atomic E-state index is 5.25. The Hall–Kier alpha value is -1.29. The molecular weight excluding hydrogens is 497 g/mol. The number of benzene rings is 1. The Bertz CT molecular complexity index is 745. The normalized spacial score (nSPS) is 11.0. The maximum Gasteiger partial charge on any atom is 0.191 e. The molecule has 0 spiro atoms. The topological polar surface area (TPSA) is 63.5 Å². The molecule has 25 heavy (non-hydrogen) atoms. The minimum Gasteiger partial charge on any atom is -0.496 e. The number of halogens is 2. The molecule has 8 heteroatoms. The molecule has 0 atom stereocenters. The molecule has 0 radical (unpaired) electrons. The monoisotopic (exact) mass is 521 g/mol. The highest BCUT2D eigenvalue weighted by molar-refractivity contribution is 14.0. The van der Waals surface area contributed by atoms with E-state index < -0.39 is 0 Å². The van der Waals surface area contributed by atoms with Gasteiger partial charge in [-0.15, -0.1) is 24.0 Å². The number of aromatic nitrogens is 2. The van der Waals surface area contributed by atoms with E-state index in [9.17, 15) is 0 Å². The van der Waals surface area contributed by atoms with Crippen molar-refractivity contribution in [3.8, 4) is 5.75 Å². The number of aliphatic imine (C=N–C) groups is 1. The minimum atomic E-state index is 0. The number of methoxy groups -OCH3 is 1. The summed E-state index contributed by atoms with van der Waals surface area (Å²) >= 11 is 3.50. The van der Waals surface area contributed by atoms with Crippen LogP contribution >= 0.6 is 39.9 Å². The fraction of sp³-hybridized carbons (Fsp3) is 0.412. The van der Waals surface area contributed by atoms with Gasteiger partial charge in [0, 0.05) is 38.4 Å². The van der Waals surface area contributed by atoms with Crippen LogP contribution in [0.15, 0.2) is 27.7 Å². The summed E-state index contributed by atoms with van der Waals surface area (Å²) in [6.45, 7) is 5.46. The van der Waals surface area contributed by atoms with Crippen molar-refractivity contribution in [1.82, 2.24) is 20.4 Å². The molecule has 1 aromatic carbocycles. The molecule has 0 saturated carbocycles. The predicted molar refractivity (Wildman–Crippen MR) is 116 cm³/mol. The Morgan fingerprint density at radius 2 is 1.96 bits per heavy atom. The summed E-state index contributed by atoms with van der Waals surface area (Å²) in [4.78, 5) is 4.27. The summed E-state index contributed by atoms with van der Waals surface area (Å²) in [6.07, 6.45) is 0. The zero-order chi connectivity index (χ0) is 17.7. The van der Waals surface area contributed by atoms with E-state index >= 15 is 0 Å². The lowest BCUT2D eigenvalue weighted by molar-refractivity contribution is 0.412. The van der Waals surface area contributed by atoms with Crippen LogP contribution in [0.4, 0.5) is 0 Å². The molecule has 0 bridgehead atoms. The van der Waals surface area contributed by atoms with Gasteiger partial charge >= 0.3 is 0 Å². The average Bonchev–Trinajstić information content (AvgIpc) is 2.80. The highest BCUT2D eigenvalue weighted by atomic mass is 127. The summed E-state index contributed by atoms with van der Waals surface area (Å²) in [5.41, 5.74) is 4.54. The van der Waals surface area contributed by atoms with Crippen molar-refractivity contribution in [1.29, 1.82) is 0 Å². The molecule has 0 fully saturated rings. The number of hydrogen-bond acceptors (Lipinski definition) is 3. The van der Waals surface area contributed by atoms with Crippen molar-refractivity contribution in [2.75, 3.05) is 14.2 Å². The van der Waals surface area contributed by atoms with E-state index in [1.165, 1.54) is 5.56 Å². The van der Waals surface area contributed by atoms with Gasteiger partial charge in [0.1, 0.15) is 5.75 Å². The second-order valence-corrected chi connectivity index (χ2v) is 6.38. The highest BCUT2D eigenvalue weighted by Gasteiger charge is 2.10. The van der Waals surface area contributed by atoms with Gasteiger partial charge in [-0.25, -0.2) is 0 Å². The number of nitrogens with zero attached hydrogens (tertiary/aromatic N) is 3. The van der Waals surface area contributed by atoms with Crippen molar-refractivity contribution in [3.63, 3.8) is 0 Å². The Morgan fingerprint density at radius 3 is 2.48 bits per heavy atom. The molecule has 0 amide bonds. The first kappa shape index (κ1) is 21.8. The van der Waals surface area contributed by atoms with Crippen molar-refractivity contribution >= 4 is 45.9 Å². The van der Waals surface area contributed by atoms with Crippen molar-refractivity contribution < 1.29 is 4.74 Å². The van der Waals surface area contributed by atoms with E-state index in [0.717, 1.165) is 33.1 Å². The van der Waals surface area contributed by atoms with E-state index in [0.29, 0.717) is 13.1 Å². The van der Waals surface area contributed by atoms with E-state index in [1.54, 1.807) is 14.2 Å². The molecule has 0 saturated heterocycles. The predicted octanol–water partition coefficient (Wildman–Crippen LogP) is 3.29. The smallest absolute Gasteiger partial charge is 0.191 e. The van der Waals surface area contributed by atoms with Crippen LogP contribution in [0.1, 0.15) is 22.5 Å². The molecule has 2 aromatic rings. The molecule has 0 aliphatic heterocycles. The largest absolute Gasteiger partial charge is 0.496 e. The first-order valence-corrected chi connectivity index (χ1v) is 8.51. The molecular formula is C17H25BrIN5O. The number of nitrogens with one attached hydrogen (secondary N) is 2. The van der Waals surface area contributed by atoms with E-state index in [2.05, 4.69) is 43.6 Å². The van der Waals surface area contributed by atoms with Gasteiger partial charge in [-0.2, -0.15) is 5.10 Å². The zero-order valence-corrected chi connectivity index (χ0v) is 19.1. The fourth-order valence-electron chi connectivity index (χ4n) is 2.47. The first-order chi connectivity index (χ1) is 11.5. The third kappa shape index (κ3) is 5.60. The maximum absolute atomic E-state index is 5.25. The Kier molecular flexibility index (Phi) is 8.70. The molecule has 0 aliphatic carbocycles. The molecule has 2 rings (SSSR count). The second-order valence-electron chi connectivity index (χ2n) is 5.52. The first-order valence-electron chi connectivity index (χ1n) is 7.72. The molecule has 0 aliphatic rings. The summed E-state index contributed by atoms with van der Waals surface area (Å²) < 4.78 is 8.09. The number of rotatable bonds is 5. The quantitative estimate of drug-likeness (QED) is 0.360. The fourth-order valence-corrected chi connectivity index (χ4v) is 3.06. The van der Waals surface area contributed by atoms with Crippen molar-refractivity contribution in [3.05, 3.63) is 45.2 Å². The second kappa shape index (κ2) is 10.0. The number of hydrogen-bond donors (Lipinski definition) is 2. The molecule has 6 nitrogen and oxygen atoms in total. The third-order valence-corrected chi connectivity index (χ3v) is 4.61. The van der Waals surface area contributed by atoms with Crippen LogP contribution in [-0.2, 0) is 20.1 Å². The number of guanidine groups is 1. The van der Waals surface area contributed by atoms with Gasteiger partial charge in [0.25, 0.3) is 0 Å². The lowest BCUT2D eigenvalue weighted by Gasteiger charge is -2.13. The SMILES string of the molecule is CN=C(NCc1ccc(OC)c(Br)c1)NCc1c(C)nn(C)c1C.I. The van der Waals surface area contributed by atoms with E-state index in [4.69, 9.17) is 4.74 Å². The summed E-state index contributed by atoms with van der Waals surface area (Å²) in [6, 6.07) is 6.01. The Labute approximate surface area is 174 Å². The molecule has 138 valence electrons. The zero-order valence-electron chi connectivity index (χ0n) is 15.2. The average molecular weight is 522 g/mol. The van der Waals surface area contributed by atoms with Gasteiger partial charge in [0.15, 0.2) is 5.96 Å². The Balaban J connectivity index is 0.00000312. The Morgan fingerprint density at radius 1 is 1.28 bits per heavy atom. The summed E-state index contributed by atoms with van der Waals surface area (Å²) in [5.74, 6) is 1.58. The minimum absolute atomic E-state index is 0. The van der Waals surface area contributed by atoms with Crippen LogP contribution in [0, 0.1) is 13.8 Å². The van der Waals surface area contributed by atoms with Gasteiger partial charge in [0.05, 0.1) is 17.3 Å². The van der Waals surface area contributed by atoms with Gasteiger partial charge < -0.3 is 15.4 Å². The van der Waals surface area contributed by atoms with Crippen LogP contribution in [0.25, 0.3) is 0 Å².